The van der Waals surface area contributed by atoms with Crippen molar-refractivity contribution < 1.29 is 12.8 Å². The highest BCUT2D eigenvalue weighted by atomic mass is 32.2. The number of nitrogen functional groups attached to an aromatic ring is 1. The Labute approximate surface area is 198 Å². The molecule has 3 aromatic heterocycles. The average Bonchev–Trinajstić information content (AvgIpc) is 3.20. The molecule has 0 amide bonds. The van der Waals surface area contributed by atoms with E-state index in [2.05, 4.69) is 16.1 Å². The number of halogens is 1. The zero-order valence-corrected chi connectivity index (χ0v) is 19.5. The molecule has 176 valence electrons. The van der Waals surface area contributed by atoms with E-state index < -0.39 is 15.7 Å². The fraction of sp³-hybridized carbons (Fsp3) is 0.280. The number of fused-ring (bicyclic) bond motifs is 1. The maximum Gasteiger partial charge on any atom is 0.152 e. The van der Waals surface area contributed by atoms with Crippen LogP contribution in [-0.4, -0.2) is 59.0 Å². The Balaban J connectivity index is 1.44. The van der Waals surface area contributed by atoms with Gasteiger partial charge in [-0.3, -0.25) is 4.98 Å². The molecular formula is C25H26FN5O2S. The van der Waals surface area contributed by atoms with Gasteiger partial charge in [-0.2, -0.15) is 0 Å². The Morgan fingerprint density at radius 3 is 2.53 bits per heavy atom. The fourth-order valence-corrected chi connectivity index (χ4v) is 5.66. The van der Waals surface area contributed by atoms with Crippen molar-refractivity contribution in [2.45, 2.75) is 12.8 Å². The number of sulfone groups is 1. The molecule has 0 unspecified atom stereocenters. The van der Waals surface area contributed by atoms with E-state index in [1.54, 1.807) is 24.5 Å². The van der Waals surface area contributed by atoms with E-state index in [1.807, 2.05) is 28.8 Å². The summed E-state index contributed by atoms with van der Waals surface area (Å²) in [4.78, 5) is 11.2. The SMILES string of the molecule is Nc1ccc(-c2ccc3c(CCCN4CCS(=O)(=O)CC4)cn(-c4ccncc4)c3n2)cc1F. The van der Waals surface area contributed by atoms with Crippen LogP contribution in [0.5, 0.6) is 0 Å². The summed E-state index contributed by atoms with van der Waals surface area (Å²) in [5.74, 6) is 0.0228. The van der Waals surface area contributed by atoms with Crippen LogP contribution >= 0.6 is 0 Å². The lowest BCUT2D eigenvalue weighted by Gasteiger charge is -2.26. The topological polar surface area (TPSA) is 94.1 Å². The van der Waals surface area contributed by atoms with E-state index in [1.165, 1.54) is 11.6 Å². The molecule has 4 aromatic rings. The second kappa shape index (κ2) is 9.15. The van der Waals surface area contributed by atoms with Gasteiger partial charge in [0.05, 0.1) is 28.6 Å². The van der Waals surface area contributed by atoms with Gasteiger partial charge in [-0.25, -0.2) is 17.8 Å². The number of aryl methyl sites for hydroxylation is 1. The number of anilines is 1. The first-order valence-electron chi connectivity index (χ1n) is 11.3. The Kier molecular flexibility index (Phi) is 6.05. The van der Waals surface area contributed by atoms with Crippen molar-refractivity contribution in [3.63, 3.8) is 0 Å². The van der Waals surface area contributed by atoms with Gasteiger partial charge in [-0.05, 0) is 61.3 Å². The molecule has 1 fully saturated rings. The standard InChI is InChI=1S/C25H26FN5O2S/c26-22-16-18(3-5-23(22)27)24-6-4-21-19(2-1-11-30-12-14-34(32,33)15-13-30)17-31(25(21)29-24)20-7-9-28-10-8-20/h3-10,16-17H,1-2,11-15,27H2. The van der Waals surface area contributed by atoms with Gasteiger partial charge in [0.25, 0.3) is 0 Å². The number of rotatable bonds is 6. The number of benzene rings is 1. The summed E-state index contributed by atoms with van der Waals surface area (Å²) < 4.78 is 39.4. The van der Waals surface area contributed by atoms with Crippen LogP contribution in [0.25, 0.3) is 28.0 Å². The second-order valence-corrected chi connectivity index (χ2v) is 10.9. The highest BCUT2D eigenvalue weighted by Crippen LogP contribution is 2.29. The van der Waals surface area contributed by atoms with Crippen LogP contribution in [0.1, 0.15) is 12.0 Å². The quantitative estimate of drug-likeness (QED) is 0.426. The molecule has 1 aliphatic heterocycles. The van der Waals surface area contributed by atoms with Crippen molar-refractivity contribution in [3.8, 4) is 16.9 Å². The van der Waals surface area contributed by atoms with Gasteiger partial charge in [0, 0.05) is 42.6 Å². The minimum Gasteiger partial charge on any atom is -0.396 e. The largest absolute Gasteiger partial charge is 0.396 e. The summed E-state index contributed by atoms with van der Waals surface area (Å²) >= 11 is 0. The van der Waals surface area contributed by atoms with Gasteiger partial charge >= 0.3 is 0 Å². The van der Waals surface area contributed by atoms with Crippen molar-refractivity contribution in [2.75, 3.05) is 36.9 Å². The predicted molar refractivity (Wildman–Crippen MR) is 132 cm³/mol. The van der Waals surface area contributed by atoms with Crippen LogP contribution in [0.15, 0.2) is 61.1 Å². The molecule has 0 radical (unpaired) electrons. The molecule has 7 nitrogen and oxygen atoms in total. The zero-order chi connectivity index (χ0) is 23.7. The van der Waals surface area contributed by atoms with Crippen molar-refractivity contribution in [1.29, 1.82) is 0 Å². The van der Waals surface area contributed by atoms with Gasteiger partial charge in [0.15, 0.2) is 9.84 Å². The highest BCUT2D eigenvalue weighted by Gasteiger charge is 2.21. The van der Waals surface area contributed by atoms with Crippen LogP contribution in [-0.2, 0) is 16.3 Å². The molecule has 0 atom stereocenters. The van der Waals surface area contributed by atoms with E-state index >= 15 is 0 Å². The fourth-order valence-electron chi connectivity index (χ4n) is 4.38. The lowest BCUT2D eigenvalue weighted by Crippen LogP contribution is -2.40. The third-order valence-electron chi connectivity index (χ3n) is 6.33. The van der Waals surface area contributed by atoms with Crippen LogP contribution in [0.3, 0.4) is 0 Å². The normalized spacial score (nSPS) is 16.1. The molecule has 5 rings (SSSR count). The second-order valence-electron chi connectivity index (χ2n) is 8.63. The first kappa shape index (κ1) is 22.5. The number of aromatic nitrogens is 3. The predicted octanol–water partition coefficient (Wildman–Crippen LogP) is 3.47. The van der Waals surface area contributed by atoms with Crippen LogP contribution < -0.4 is 5.73 Å². The molecule has 9 heteroatoms. The van der Waals surface area contributed by atoms with Gasteiger partial charge < -0.3 is 15.2 Å². The molecule has 2 N–H and O–H groups in total. The van der Waals surface area contributed by atoms with Gasteiger partial charge in [-0.1, -0.05) is 6.07 Å². The molecule has 0 saturated carbocycles. The van der Waals surface area contributed by atoms with E-state index in [0.29, 0.717) is 24.3 Å². The maximum absolute atomic E-state index is 14.1. The first-order chi connectivity index (χ1) is 16.4. The molecule has 1 aromatic carbocycles. The Morgan fingerprint density at radius 2 is 1.79 bits per heavy atom. The molecular weight excluding hydrogens is 453 g/mol. The molecule has 4 heterocycles. The summed E-state index contributed by atoms with van der Waals surface area (Å²) in [6, 6.07) is 12.5. The first-order valence-corrected chi connectivity index (χ1v) is 13.1. The highest BCUT2D eigenvalue weighted by molar-refractivity contribution is 7.91. The molecule has 0 aliphatic carbocycles. The third-order valence-corrected chi connectivity index (χ3v) is 7.94. The summed E-state index contributed by atoms with van der Waals surface area (Å²) in [7, 11) is -2.87. The summed E-state index contributed by atoms with van der Waals surface area (Å²) in [5, 5.41) is 1.04. The average molecular weight is 480 g/mol. The summed E-state index contributed by atoms with van der Waals surface area (Å²) in [6.45, 7) is 2.06. The zero-order valence-electron chi connectivity index (χ0n) is 18.7. The van der Waals surface area contributed by atoms with Crippen LogP contribution in [0, 0.1) is 5.82 Å². The number of nitrogens with zero attached hydrogens (tertiary/aromatic N) is 4. The van der Waals surface area contributed by atoms with Gasteiger partial charge in [0.2, 0.25) is 0 Å². The van der Waals surface area contributed by atoms with Crippen molar-refractivity contribution in [1.82, 2.24) is 19.4 Å². The monoisotopic (exact) mass is 479 g/mol. The minimum absolute atomic E-state index is 0.110. The lowest BCUT2D eigenvalue weighted by molar-refractivity contribution is 0.292. The summed E-state index contributed by atoms with van der Waals surface area (Å²) in [6.07, 6.45) is 7.34. The Morgan fingerprint density at radius 1 is 1.03 bits per heavy atom. The lowest BCUT2D eigenvalue weighted by atomic mass is 10.1. The van der Waals surface area contributed by atoms with Gasteiger partial charge in [-0.15, -0.1) is 0 Å². The Hall–Kier alpha value is -3.30. The van der Waals surface area contributed by atoms with E-state index in [0.717, 1.165) is 36.1 Å². The number of hydrogen-bond acceptors (Lipinski definition) is 6. The van der Waals surface area contributed by atoms with E-state index in [-0.39, 0.29) is 17.2 Å². The molecule has 1 saturated heterocycles. The van der Waals surface area contributed by atoms with Crippen molar-refractivity contribution in [3.05, 3.63) is 72.4 Å². The molecule has 34 heavy (non-hydrogen) atoms. The molecule has 0 spiro atoms. The maximum atomic E-state index is 14.1. The van der Waals surface area contributed by atoms with Crippen LogP contribution in [0.2, 0.25) is 0 Å². The van der Waals surface area contributed by atoms with Crippen molar-refractivity contribution >= 4 is 26.6 Å². The Bertz CT molecular complexity index is 1420. The van der Waals surface area contributed by atoms with Crippen molar-refractivity contribution in [2.24, 2.45) is 0 Å². The third kappa shape index (κ3) is 4.67. The molecule has 0 bridgehead atoms. The number of nitrogens with two attached hydrogens (primary N) is 1. The molecule has 1 aliphatic rings. The summed E-state index contributed by atoms with van der Waals surface area (Å²) in [5.41, 5.74) is 9.98. The number of pyridine rings is 2. The smallest absolute Gasteiger partial charge is 0.152 e. The minimum atomic E-state index is -2.87. The number of hydrogen-bond donors (Lipinski definition) is 1. The van der Waals surface area contributed by atoms with Gasteiger partial charge in [0.1, 0.15) is 11.5 Å². The van der Waals surface area contributed by atoms with E-state index in [9.17, 15) is 12.8 Å². The van der Waals surface area contributed by atoms with E-state index in [4.69, 9.17) is 10.7 Å². The van der Waals surface area contributed by atoms with Crippen LogP contribution in [0.4, 0.5) is 10.1 Å².